The number of nitrogens with zero attached hydrogens (tertiary/aromatic N) is 3. The normalized spacial score (nSPS) is 14.5. The Bertz CT molecular complexity index is 971. The molecule has 5 heteroatoms. The van der Waals surface area contributed by atoms with Crippen molar-refractivity contribution in [2.24, 2.45) is 0 Å². The molecule has 3 aromatic rings. The second-order valence-electron chi connectivity index (χ2n) is 7.36. The van der Waals surface area contributed by atoms with Crippen LogP contribution in [0.4, 0.5) is 0 Å². The van der Waals surface area contributed by atoms with E-state index in [1.54, 1.807) is 23.0 Å². The van der Waals surface area contributed by atoms with Gasteiger partial charge in [-0.05, 0) is 55.3 Å². The van der Waals surface area contributed by atoms with Crippen molar-refractivity contribution in [3.8, 4) is 5.69 Å². The molecule has 1 aliphatic rings. The first kappa shape index (κ1) is 19.2. The molecule has 148 valence electrons. The molecule has 1 aromatic heterocycles. The lowest BCUT2D eigenvalue weighted by molar-refractivity contribution is -0.116. The summed E-state index contributed by atoms with van der Waals surface area (Å²) in [5.74, 6) is -0.103. The van der Waals surface area contributed by atoms with Crippen molar-refractivity contribution in [1.29, 1.82) is 0 Å². The molecule has 1 fully saturated rings. The Labute approximate surface area is 171 Å². The number of carbonyl (C=O) groups excluding carboxylic acids is 1. The lowest BCUT2D eigenvalue weighted by Gasteiger charge is -2.17. The minimum absolute atomic E-state index is 0.103. The summed E-state index contributed by atoms with van der Waals surface area (Å²) in [5, 5.41) is 7.35. The first-order valence-electron chi connectivity index (χ1n) is 10.1. The third kappa shape index (κ3) is 5.21. The van der Waals surface area contributed by atoms with Crippen LogP contribution >= 0.6 is 0 Å². The molecule has 1 saturated heterocycles. The van der Waals surface area contributed by atoms with E-state index in [1.807, 2.05) is 42.6 Å². The van der Waals surface area contributed by atoms with Gasteiger partial charge in [0.05, 0.1) is 11.9 Å². The van der Waals surface area contributed by atoms with Gasteiger partial charge in [-0.15, -0.1) is 0 Å². The van der Waals surface area contributed by atoms with Crippen LogP contribution in [0.2, 0.25) is 0 Å². The Kier molecular flexibility index (Phi) is 6.17. The quantitative estimate of drug-likeness (QED) is 0.629. The van der Waals surface area contributed by atoms with Gasteiger partial charge < -0.3 is 5.32 Å². The molecule has 1 N–H and O–H groups in total. The standard InChI is InChI=1S/C24H26N4O/c29-24(13-12-20-16-26-28(18-20)23-10-2-1-3-11-23)25-17-21-8-4-5-9-22(21)19-27-14-6-7-15-27/h1-5,8-13,16,18H,6-7,14-15,17,19H2,(H,25,29)/b13-12+. The highest BCUT2D eigenvalue weighted by molar-refractivity contribution is 5.91. The lowest BCUT2D eigenvalue weighted by atomic mass is 10.1. The summed E-state index contributed by atoms with van der Waals surface area (Å²) in [7, 11) is 0. The van der Waals surface area contributed by atoms with E-state index in [0.29, 0.717) is 6.54 Å². The SMILES string of the molecule is O=C(/C=C/c1cnn(-c2ccccc2)c1)NCc1ccccc1CN1CCCC1. The fourth-order valence-corrected chi connectivity index (χ4v) is 3.62. The van der Waals surface area contributed by atoms with E-state index in [9.17, 15) is 4.79 Å². The van der Waals surface area contributed by atoms with Crippen LogP contribution < -0.4 is 5.32 Å². The van der Waals surface area contributed by atoms with Gasteiger partial charge in [0.1, 0.15) is 0 Å². The molecule has 0 spiro atoms. The number of para-hydroxylation sites is 1. The predicted molar refractivity (Wildman–Crippen MR) is 115 cm³/mol. The minimum atomic E-state index is -0.103. The van der Waals surface area contributed by atoms with Gasteiger partial charge in [0.15, 0.2) is 0 Å². The molecule has 2 heterocycles. The zero-order chi connectivity index (χ0) is 19.9. The molecule has 0 aliphatic carbocycles. The number of aromatic nitrogens is 2. The van der Waals surface area contributed by atoms with Crippen LogP contribution in [0.25, 0.3) is 11.8 Å². The van der Waals surface area contributed by atoms with Crippen molar-refractivity contribution in [3.05, 3.63) is 89.8 Å². The number of nitrogens with one attached hydrogen (secondary N) is 1. The Hall–Kier alpha value is -3.18. The molecule has 29 heavy (non-hydrogen) atoms. The summed E-state index contributed by atoms with van der Waals surface area (Å²) in [4.78, 5) is 14.8. The number of benzene rings is 2. The zero-order valence-corrected chi connectivity index (χ0v) is 16.5. The largest absolute Gasteiger partial charge is 0.348 e. The van der Waals surface area contributed by atoms with Crippen LogP contribution in [-0.2, 0) is 17.9 Å². The Morgan fingerprint density at radius 2 is 1.72 bits per heavy atom. The minimum Gasteiger partial charge on any atom is -0.348 e. The highest BCUT2D eigenvalue weighted by atomic mass is 16.1. The van der Waals surface area contributed by atoms with Crippen LogP contribution in [0, 0.1) is 0 Å². The Morgan fingerprint density at radius 1 is 1.00 bits per heavy atom. The van der Waals surface area contributed by atoms with E-state index in [-0.39, 0.29) is 5.91 Å². The third-order valence-corrected chi connectivity index (χ3v) is 5.21. The monoisotopic (exact) mass is 386 g/mol. The smallest absolute Gasteiger partial charge is 0.244 e. The maximum atomic E-state index is 12.3. The summed E-state index contributed by atoms with van der Waals surface area (Å²) in [6.07, 6.45) is 9.58. The average Bonchev–Trinajstić information content (AvgIpc) is 3.44. The van der Waals surface area contributed by atoms with Gasteiger partial charge in [-0.2, -0.15) is 5.10 Å². The molecule has 4 rings (SSSR count). The van der Waals surface area contributed by atoms with Crippen molar-refractivity contribution in [1.82, 2.24) is 20.0 Å². The van der Waals surface area contributed by atoms with Crippen molar-refractivity contribution in [3.63, 3.8) is 0 Å². The second-order valence-corrected chi connectivity index (χ2v) is 7.36. The van der Waals surface area contributed by atoms with Crippen molar-refractivity contribution < 1.29 is 4.79 Å². The van der Waals surface area contributed by atoms with Crippen molar-refractivity contribution >= 4 is 12.0 Å². The second kappa shape index (κ2) is 9.34. The van der Waals surface area contributed by atoms with E-state index >= 15 is 0 Å². The first-order valence-corrected chi connectivity index (χ1v) is 10.1. The van der Waals surface area contributed by atoms with Gasteiger partial charge in [-0.3, -0.25) is 9.69 Å². The summed E-state index contributed by atoms with van der Waals surface area (Å²) in [6, 6.07) is 18.3. The van der Waals surface area contributed by atoms with Gasteiger partial charge >= 0.3 is 0 Å². The molecule has 1 amide bonds. The molecule has 0 bridgehead atoms. The molecule has 0 radical (unpaired) electrons. The van der Waals surface area contributed by atoms with E-state index in [0.717, 1.165) is 17.8 Å². The van der Waals surface area contributed by atoms with Crippen molar-refractivity contribution in [2.75, 3.05) is 13.1 Å². The van der Waals surface area contributed by atoms with Gasteiger partial charge in [-0.1, -0.05) is 42.5 Å². The van der Waals surface area contributed by atoms with Crippen LogP contribution in [0.5, 0.6) is 0 Å². The predicted octanol–water partition coefficient (Wildman–Crippen LogP) is 3.80. The summed E-state index contributed by atoms with van der Waals surface area (Å²) >= 11 is 0. The average molecular weight is 386 g/mol. The maximum Gasteiger partial charge on any atom is 0.244 e. The third-order valence-electron chi connectivity index (χ3n) is 5.21. The van der Waals surface area contributed by atoms with Crippen LogP contribution in [-0.4, -0.2) is 33.7 Å². The van der Waals surface area contributed by atoms with Gasteiger partial charge in [0, 0.05) is 30.9 Å². The summed E-state index contributed by atoms with van der Waals surface area (Å²) in [5.41, 5.74) is 4.35. The molecular weight excluding hydrogens is 360 g/mol. The molecule has 1 aliphatic heterocycles. The molecular formula is C24H26N4O. The number of hydrogen-bond donors (Lipinski definition) is 1. The van der Waals surface area contributed by atoms with Gasteiger partial charge in [0.2, 0.25) is 5.91 Å². The summed E-state index contributed by atoms with van der Waals surface area (Å²) < 4.78 is 1.80. The fourth-order valence-electron chi connectivity index (χ4n) is 3.62. The molecule has 0 unspecified atom stereocenters. The zero-order valence-electron chi connectivity index (χ0n) is 16.5. The van der Waals surface area contributed by atoms with Gasteiger partial charge in [-0.25, -0.2) is 4.68 Å². The van der Waals surface area contributed by atoms with Crippen LogP contribution in [0.15, 0.2) is 73.1 Å². The number of hydrogen-bond acceptors (Lipinski definition) is 3. The van der Waals surface area contributed by atoms with E-state index in [2.05, 4.69) is 33.5 Å². The van der Waals surface area contributed by atoms with Crippen LogP contribution in [0.3, 0.4) is 0 Å². The first-order chi connectivity index (χ1) is 14.3. The highest BCUT2D eigenvalue weighted by Gasteiger charge is 2.13. The molecule has 5 nitrogen and oxygen atoms in total. The number of amides is 1. The molecule has 0 atom stereocenters. The molecule has 2 aromatic carbocycles. The van der Waals surface area contributed by atoms with Gasteiger partial charge in [0.25, 0.3) is 0 Å². The Morgan fingerprint density at radius 3 is 2.52 bits per heavy atom. The lowest BCUT2D eigenvalue weighted by Crippen LogP contribution is -2.23. The number of likely N-dealkylation sites (tertiary alicyclic amines) is 1. The number of carbonyl (C=O) groups is 1. The maximum absolute atomic E-state index is 12.3. The topological polar surface area (TPSA) is 50.2 Å². The van der Waals surface area contributed by atoms with E-state index in [4.69, 9.17) is 0 Å². The Balaban J connectivity index is 1.33. The van der Waals surface area contributed by atoms with E-state index < -0.39 is 0 Å². The highest BCUT2D eigenvalue weighted by Crippen LogP contribution is 2.16. The van der Waals surface area contributed by atoms with Crippen molar-refractivity contribution in [2.45, 2.75) is 25.9 Å². The van der Waals surface area contributed by atoms with E-state index in [1.165, 1.54) is 37.1 Å². The number of rotatable bonds is 7. The fraction of sp³-hybridized carbons (Fsp3) is 0.250. The van der Waals surface area contributed by atoms with Crippen LogP contribution in [0.1, 0.15) is 29.5 Å². The summed E-state index contributed by atoms with van der Waals surface area (Å²) in [6.45, 7) is 3.83. The molecule has 0 saturated carbocycles.